The highest BCUT2D eigenvalue weighted by Gasteiger charge is 2.46. The molecule has 0 bridgehead atoms. The van der Waals surface area contributed by atoms with E-state index < -0.39 is 14.5 Å². The van der Waals surface area contributed by atoms with Gasteiger partial charge in [0.2, 0.25) is 11.8 Å². The van der Waals surface area contributed by atoms with Gasteiger partial charge in [-0.25, -0.2) is 0 Å². The molecule has 7 nitrogen and oxygen atoms in total. The number of hydrogen-bond acceptors (Lipinski definition) is 6. The highest BCUT2D eigenvalue weighted by Crippen LogP contribution is 2.45. The van der Waals surface area contributed by atoms with Crippen molar-refractivity contribution in [3.63, 3.8) is 0 Å². The van der Waals surface area contributed by atoms with E-state index in [0.29, 0.717) is 35.7 Å². The van der Waals surface area contributed by atoms with Crippen LogP contribution in [0.4, 0.5) is 0 Å². The summed E-state index contributed by atoms with van der Waals surface area (Å²) in [6.45, 7) is 13.0. The van der Waals surface area contributed by atoms with Crippen LogP contribution in [-0.2, 0) is 4.43 Å². The van der Waals surface area contributed by atoms with Crippen molar-refractivity contribution in [2.75, 3.05) is 0 Å². The SMILES string of the molecule is C[C@@H](O[Si](C)(C)C(C)(C)C)c1nnc(C2CC(N3C(=O)c4ccccc4C3O)C2)o1. The van der Waals surface area contributed by atoms with Gasteiger partial charge in [0.15, 0.2) is 14.5 Å². The zero-order valence-corrected chi connectivity index (χ0v) is 19.5. The molecule has 1 amide bonds. The first-order chi connectivity index (χ1) is 14.0. The molecule has 8 heteroatoms. The molecule has 1 aliphatic heterocycles. The van der Waals surface area contributed by atoms with Crippen molar-refractivity contribution in [3.8, 4) is 0 Å². The number of aliphatic hydroxyl groups excluding tert-OH is 1. The van der Waals surface area contributed by atoms with Crippen molar-refractivity contribution >= 4 is 14.2 Å². The standard InChI is InChI=1S/C22H31N3O4Si/c1-13(29-30(5,6)22(2,3)4)18-23-24-19(28-18)14-11-15(12-14)25-20(26)16-9-7-8-10-17(16)21(25)27/h7-10,13-15,20,26H,11-12H2,1-6H3/t13-,14?,15?,20?/m1/s1. The van der Waals surface area contributed by atoms with E-state index >= 15 is 0 Å². The molecule has 162 valence electrons. The van der Waals surface area contributed by atoms with E-state index in [1.54, 1.807) is 11.0 Å². The Morgan fingerprint density at radius 1 is 1.23 bits per heavy atom. The lowest BCUT2D eigenvalue weighted by molar-refractivity contribution is -0.0273. The molecule has 2 aromatic rings. The van der Waals surface area contributed by atoms with Crippen molar-refractivity contribution < 1.29 is 18.7 Å². The number of fused-ring (bicyclic) bond motifs is 1. The number of benzene rings is 1. The van der Waals surface area contributed by atoms with Gasteiger partial charge in [-0.3, -0.25) is 4.79 Å². The summed E-state index contributed by atoms with van der Waals surface area (Å²) in [5.41, 5.74) is 1.27. The first-order valence-electron chi connectivity index (χ1n) is 10.6. The van der Waals surface area contributed by atoms with Gasteiger partial charge in [-0.05, 0) is 44.0 Å². The lowest BCUT2D eigenvalue weighted by atomic mass is 9.79. The number of hydrogen-bond donors (Lipinski definition) is 1. The molecule has 1 saturated carbocycles. The lowest BCUT2D eigenvalue weighted by Gasteiger charge is -2.41. The van der Waals surface area contributed by atoms with Crippen LogP contribution in [-0.4, -0.2) is 40.5 Å². The Morgan fingerprint density at radius 2 is 1.90 bits per heavy atom. The number of carbonyl (C=O) groups excluding carboxylic acids is 1. The third-order valence-corrected chi connectivity index (χ3v) is 11.5. The van der Waals surface area contributed by atoms with Crippen molar-refractivity contribution in [2.24, 2.45) is 0 Å². The Hall–Kier alpha value is -2.03. The lowest BCUT2D eigenvalue weighted by Crippen LogP contribution is -2.45. The summed E-state index contributed by atoms with van der Waals surface area (Å²) in [5, 5.41) is 19.2. The second kappa shape index (κ2) is 7.28. The van der Waals surface area contributed by atoms with Gasteiger partial charge >= 0.3 is 0 Å². The summed E-state index contributed by atoms with van der Waals surface area (Å²) in [6.07, 6.45) is 0.279. The Bertz CT molecular complexity index is 946. The summed E-state index contributed by atoms with van der Waals surface area (Å²) in [6, 6.07) is 7.22. The molecule has 4 rings (SSSR count). The van der Waals surface area contributed by atoms with Crippen LogP contribution in [0, 0.1) is 0 Å². The van der Waals surface area contributed by atoms with E-state index in [1.165, 1.54) is 0 Å². The van der Waals surface area contributed by atoms with Gasteiger partial charge in [0.05, 0.1) is 0 Å². The average Bonchev–Trinajstić information content (AvgIpc) is 3.19. The third kappa shape index (κ3) is 3.50. The molecular formula is C22H31N3O4Si. The van der Waals surface area contributed by atoms with E-state index in [9.17, 15) is 9.90 Å². The fourth-order valence-electron chi connectivity index (χ4n) is 3.94. The highest BCUT2D eigenvalue weighted by atomic mass is 28.4. The normalized spacial score (nSPS) is 25.2. The maximum atomic E-state index is 12.7. The van der Waals surface area contributed by atoms with Crippen LogP contribution in [0.2, 0.25) is 18.1 Å². The van der Waals surface area contributed by atoms with Crippen molar-refractivity contribution in [3.05, 3.63) is 47.2 Å². The van der Waals surface area contributed by atoms with E-state index in [2.05, 4.69) is 44.1 Å². The van der Waals surface area contributed by atoms with Crippen LogP contribution in [0.3, 0.4) is 0 Å². The molecule has 1 fully saturated rings. The van der Waals surface area contributed by atoms with Crippen molar-refractivity contribution in [1.82, 2.24) is 15.1 Å². The van der Waals surface area contributed by atoms with Gasteiger partial charge in [0, 0.05) is 23.1 Å². The van der Waals surface area contributed by atoms with Gasteiger partial charge in [-0.2, -0.15) is 0 Å². The second-order valence-corrected chi connectivity index (χ2v) is 14.8. The molecule has 30 heavy (non-hydrogen) atoms. The Morgan fingerprint density at radius 3 is 2.53 bits per heavy atom. The van der Waals surface area contributed by atoms with Gasteiger partial charge in [-0.1, -0.05) is 39.0 Å². The molecule has 1 aromatic heterocycles. The van der Waals surface area contributed by atoms with Crippen LogP contribution < -0.4 is 0 Å². The summed E-state index contributed by atoms with van der Waals surface area (Å²) < 4.78 is 12.3. The van der Waals surface area contributed by atoms with Crippen LogP contribution in [0.25, 0.3) is 0 Å². The van der Waals surface area contributed by atoms with Crippen LogP contribution >= 0.6 is 0 Å². The minimum absolute atomic E-state index is 0.0267. The first kappa shape index (κ1) is 21.2. The predicted octanol–water partition coefficient (Wildman–Crippen LogP) is 4.55. The maximum absolute atomic E-state index is 12.7. The molecule has 0 spiro atoms. The fraction of sp³-hybridized carbons (Fsp3) is 0.591. The van der Waals surface area contributed by atoms with E-state index in [4.69, 9.17) is 8.84 Å². The monoisotopic (exact) mass is 429 g/mol. The smallest absolute Gasteiger partial charge is 0.256 e. The number of carbonyl (C=O) groups is 1. The molecule has 2 atom stereocenters. The first-order valence-corrected chi connectivity index (χ1v) is 13.5. The summed E-state index contributed by atoms with van der Waals surface area (Å²) in [5.74, 6) is 1.08. The van der Waals surface area contributed by atoms with Crippen LogP contribution in [0.15, 0.2) is 28.7 Å². The summed E-state index contributed by atoms with van der Waals surface area (Å²) >= 11 is 0. The van der Waals surface area contributed by atoms with Crippen LogP contribution in [0.1, 0.15) is 86.5 Å². The van der Waals surface area contributed by atoms with Gasteiger partial charge < -0.3 is 18.8 Å². The molecule has 0 radical (unpaired) electrons. The molecular weight excluding hydrogens is 398 g/mol. The third-order valence-electron chi connectivity index (χ3n) is 6.90. The molecule has 2 aliphatic rings. The number of aromatic nitrogens is 2. The number of rotatable bonds is 5. The minimum Gasteiger partial charge on any atom is -0.422 e. The van der Waals surface area contributed by atoms with Gasteiger partial charge in [0.25, 0.3) is 5.91 Å². The number of nitrogens with zero attached hydrogens (tertiary/aromatic N) is 3. The van der Waals surface area contributed by atoms with E-state index in [-0.39, 0.29) is 29.0 Å². The highest BCUT2D eigenvalue weighted by molar-refractivity contribution is 6.74. The van der Waals surface area contributed by atoms with Gasteiger partial charge in [-0.15, -0.1) is 10.2 Å². The van der Waals surface area contributed by atoms with E-state index in [0.717, 1.165) is 0 Å². The molecule has 0 saturated heterocycles. The quantitative estimate of drug-likeness (QED) is 0.702. The molecule has 1 aromatic carbocycles. The largest absolute Gasteiger partial charge is 0.422 e. The molecule has 1 aliphatic carbocycles. The molecule has 2 heterocycles. The van der Waals surface area contributed by atoms with E-state index in [1.807, 2.05) is 25.1 Å². The maximum Gasteiger partial charge on any atom is 0.256 e. The van der Waals surface area contributed by atoms with Crippen LogP contribution in [0.5, 0.6) is 0 Å². The zero-order valence-electron chi connectivity index (χ0n) is 18.5. The van der Waals surface area contributed by atoms with Crippen molar-refractivity contribution in [1.29, 1.82) is 0 Å². The number of amides is 1. The average molecular weight is 430 g/mol. The minimum atomic E-state index is -1.94. The van der Waals surface area contributed by atoms with Crippen molar-refractivity contribution in [2.45, 2.75) is 83.0 Å². The Labute approximate surface area is 178 Å². The Kier molecular flexibility index (Phi) is 5.15. The number of aliphatic hydroxyl groups is 1. The topological polar surface area (TPSA) is 88.7 Å². The van der Waals surface area contributed by atoms with Gasteiger partial charge in [0.1, 0.15) is 6.10 Å². The zero-order chi connectivity index (χ0) is 21.8. The molecule has 1 unspecified atom stereocenters. The molecule has 1 N–H and O–H groups in total. The Balaban J connectivity index is 1.39. The summed E-state index contributed by atoms with van der Waals surface area (Å²) in [4.78, 5) is 14.3. The predicted molar refractivity (Wildman–Crippen MR) is 114 cm³/mol. The second-order valence-electron chi connectivity index (χ2n) is 9.99. The summed E-state index contributed by atoms with van der Waals surface area (Å²) in [7, 11) is -1.94. The fourth-order valence-corrected chi connectivity index (χ4v) is 5.28.